The van der Waals surface area contributed by atoms with Crippen molar-refractivity contribution in [2.75, 3.05) is 0 Å². The van der Waals surface area contributed by atoms with Crippen LogP contribution in [0.25, 0.3) is 11.3 Å². The van der Waals surface area contributed by atoms with Crippen molar-refractivity contribution in [1.82, 2.24) is 4.98 Å². The molecule has 3 heteroatoms. The molecule has 0 amide bonds. The zero-order valence-corrected chi connectivity index (χ0v) is 15.0. The Morgan fingerprint density at radius 1 is 1.10 bits per heavy atom. The predicted octanol–water partition coefficient (Wildman–Crippen LogP) is 6.71. The summed E-state index contributed by atoms with van der Waals surface area (Å²) >= 11 is 5.47. The average molecular weight is 364 g/mol. The highest BCUT2D eigenvalue weighted by Gasteiger charge is 2.19. The third kappa shape index (κ3) is 3.75. The quantitative estimate of drug-likeness (QED) is 0.577. The average Bonchev–Trinajstić information content (AvgIpc) is 2.80. The van der Waals surface area contributed by atoms with Crippen LogP contribution in [0.5, 0.6) is 0 Å². The fourth-order valence-corrected chi connectivity index (χ4v) is 4.71. The topological polar surface area (TPSA) is 12.9 Å². The Labute approximate surface area is 139 Å². The van der Waals surface area contributed by atoms with Crippen molar-refractivity contribution < 1.29 is 0 Å². The standard InChI is InChI=1S/C18H22BrNS/c1-13-17(15-10-7-11-16(19)12-15)20-18(21-13)14-8-5-3-2-4-6-9-14/h7,10-12,14H,2-6,8-9H2,1H3. The first-order valence-corrected chi connectivity index (χ1v) is 9.58. The van der Waals surface area contributed by atoms with Gasteiger partial charge >= 0.3 is 0 Å². The minimum Gasteiger partial charge on any atom is -0.241 e. The Kier molecular flexibility index (Phi) is 5.12. The summed E-state index contributed by atoms with van der Waals surface area (Å²) < 4.78 is 1.12. The molecule has 1 aromatic carbocycles. The summed E-state index contributed by atoms with van der Waals surface area (Å²) in [6.07, 6.45) is 9.62. The molecule has 1 aliphatic rings. The Morgan fingerprint density at radius 2 is 1.81 bits per heavy atom. The molecule has 0 N–H and O–H groups in total. The van der Waals surface area contributed by atoms with E-state index in [-0.39, 0.29) is 0 Å². The Balaban J connectivity index is 1.86. The smallest absolute Gasteiger partial charge is 0.0966 e. The van der Waals surface area contributed by atoms with E-state index in [2.05, 4.69) is 47.1 Å². The molecule has 0 spiro atoms. The minimum absolute atomic E-state index is 0.690. The third-order valence-corrected chi connectivity index (χ3v) is 5.99. The van der Waals surface area contributed by atoms with Crippen LogP contribution in [0.1, 0.15) is 60.7 Å². The molecule has 1 aromatic heterocycles. The van der Waals surface area contributed by atoms with Crippen LogP contribution in [0.3, 0.4) is 0 Å². The first kappa shape index (κ1) is 15.2. The monoisotopic (exact) mass is 363 g/mol. The molecule has 1 fully saturated rings. The van der Waals surface area contributed by atoms with Gasteiger partial charge in [-0.25, -0.2) is 4.98 Å². The van der Waals surface area contributed by atoms with Crippen molar-refractivity contribution >= 4 is 27.3 Å². The fourth-order valence-electron chi connectivity index (χ4n) is 3.20. The molecule has 0 bridgehead atoms. The molecule has 2 aromatic rings. The molecule has 112 valence electrons. The summed E-state index contributed by atoms with van der Waals surface area (Å²) in [6.45, 7) is 2.21. The van der Waals surface area contributed by atoms with E-state index in [0.717, 1.165) is 4.47 Å². The van der Waals surface area contributed by atoms with Crippen molar-refractivity contribution in [2.24, 2.45) is 0 Å². The van der Waals surface area contributed by atoms with E-state index in [0.29, 0.717) is 5.92 Å². The van der Waals surface area contributed by atoms with Crippen LogP contribution < -0.4 is 0 Å². The van der Waals surface area contributed by atoms with Gasteiger partial charge in [-0.3, -0.25) is 0 Å². The molecule has 1 heterocycles. The van der Waals surface area contributed by atoms with Gasteiger partial charge in [0.2, 0.25) is 0 Å². The van der Waals surface area contributed by atoms with Crippen molar-refractivity contribution in [3.05, 3.63) is 38.6 Å². The first-order valence-electron chi connectivity index (χ1n) is 7.97. The molecule has 0 radical (unpaired) electrons. The highest BCUT2D eigenvalue weighted by molar-refractivity contribution is 9.10. The zero-order chi connectivity index (χ0) is 14.7. The van der Waals surface area contributed by atoms with Crippen LogP contribution in [0.15, 0.2) is 28.7 Å². The van der Waals surface area contributed by atoms with Gasteiger partial charge in [-0.1, -0.05) is 60.2 Å². The van der Waals surface area contributed by atoms with Gasteiger partial charge in [0.1, 0.15) is 0 Å². The van der Waals surface area contributed by atoms with E-state index in [1.165, 1.54) is 66.1 Å². The number of benzene rings is 1. The Bertz CT molecular complexity index is 597. The van der Waals surface area contributed by atoms with Crippen molar-refractivity contribution in [3.8, 4) is 11.3 Å². The Morgan fingerprint density at radius 3 is 2.52 bits per heavy atom. The maximum atomic E-state index is 5.01. The molecule has 21 heavy (non-hydrogen) atoms. The van der Waals surface area contributed by atoms with E-state index in [1.54, 1.807) is 0 Å². The molecular formula is C18H22BrNS. The fraction of sp³-hybridized carbons (Fsp3) is 0.500. The molecule has 1 aliphatic carbocycles. The van der Waals surface area contributed by atoms with Crippen LogP contribution in [0.2, 0.25) is 0 Å². The van der Waals surface area contributed by atoms with Gasteiger partial charge in [-0.15, -0.1) is 11.3 Å². The number of aromatic nitrogens is 1. The summed E-state index contributed by atoms with van der Waals surface area (Å²) in [6, 6.07) is 8.49. The molecule has 1 nitrogen and oxygen atoms in total. The van der Waals surface area contributed by atoms with Crippen LogP contribution in [0, 0.1) is 6.92 Å². The number of nitrogens with zero attached hydrogens (tertiary/aromatic N) is 1. The van der Waals surface area contributed by atoms with E-state index < -0.39 is 0 Å². The largest absolute Gasteiger partial charge is 0.241 e. The van der Waals surface area contributed by atoms with Crippen LogP contribution in [0.4, 0.5) is 0 Å². The van der Waals surface area contributed by atoms with E-state index >= 15 is 0 Å². The molecule has 3 rings (SSSR count). The van der Waals surface area contributed by atoms with Gasteiger partial charge in [0.05, 0.1) is 10.7 Å². The normalized spacial score (nSPS) is 17.4. The lowest BCUT2D eigenvalue weighted by Gasteiger charge is -2.17. The minimum atomic E-state index is 0.690. The first-order chi connectivity index (χ1) is 10.2. The SMILES string of the molecule is Cc1sc(C2CCCCCCC2)nc1-c1cccc(Br)c1. The second-order valence-electron chi connectivity index (χ2n) is 6.01. The van der Waals surface area contributed by atoms with E-state index in [9.17, 15) is 0 Å². The lowest BCUT2D eigenvalue weighted by molar-refractivity contribution is 0.454. The third-order valence-electron chi connectivity index (χ3n) is 4.37. The Hall–Kier alpha value is -0.670. The maximum absolute atomic E-state index is 5.01. The number of thiazole rings is 1. The van der Waals surface area contributed by atoms with Gasteiger partial charge in [0.25, 0.3) is 0 Å². The van der Waals surface area contributed by atoms with Crippen molar-refractivity contribution in [2.45, 2.75) is 57.8 Å². The molecule has 1 saturated carbocycles. The number of halogens is 1. The van der Waals surface area contributed by atoms with Crippen molar-refractivity contribution in [1.29, 1.82) is 0 Å². The highest BCUT2D eigenvalue weighted by atomic mass is 79.9. The predicted molar refractivity (Wildman–Crippen MR) is 95.0 cm³/mol. The second kappa shape index (κ2) is 7.06. The zero-order valence-electron chi connectivity index (χ0n) is 12.6. The number of aryl methyl sites for hydroxylation is 1. The van der Waals surface area contributed by atoms with Crippen LogP contribution in [-0.2, 0) is 0 Å². The lowest BCUT2D eigenvalue weighted by atomic mass is 9.92. The summed E-state index contributed by atoms with van der Waals surface area (Å²) in [4.78, 5) is 6.37. The second-order valence-corrected chi connectivity index (χ2v) is 8.16. The summed E-state index contributed by atoms with van der Waals surface area (Å²) in [5.74, 6) is 0.690. The number of hydrogen-bond donors (Lipinski definition) is 0. The molecule has 0 atom stereocenters. The molecule has 0 unspecified atom stereocenters. The molecule has 0 aliphatic heterocycles. The van der Waals surface area contributed by atoms with Gasteiger partial charge < -0.3 is 0 Å². The van der Waals surface area contributed by atoms with Crippen LogP contribution in [-0.4, -0.2) is 4.98 Å². The van der Waals surface area contributed by atoms with Gasteiger partial charge in [-0.2, -0.15) is 0 Å². The summed E-state index contributed by atoms with van der Waals surface area (Å²) in [5, 5.41) is 1.37. The number of hydrogen-bond acceptors (Lipinski definition) is 2. The van der Waals surface area contributed by atoms with Gasteiger partial charge in [0, 0.05) is 20.8 Å². The summed E-state index contributed by atoms with van der Waals surface area (Å²) in [7, 11) is 0. The highest BCUT2D eigenvalue weighted by Crippen LogP contribution is 2.37. The molecular weight excluding hydrogens is 342 g/mol. The van der Waals surface area contributed by atoms with E-state index in [1.807, 2.05) is 11.3 Å². The lowest BCUT2D eigenvalue weighted by Crippen LogP contribution is -2.01. The number of rotatable bonds is 2. The van der Waals surface area contributed by atoms with E-state index in [4.69, 9.17) is 4.98 Å². The maximum Gasteiger partial charge on any atom is 0.0966 e. The van der Waals surface area contributed by atoms with Crippen LogP contribution >= 0.6 is 27.3 Å². The molecule has 0 saturated heterocycles. The van der Waals surface area contributed by atoms with Gasteiger partial charge in [0.15, 0.2) is 0 Å². The van der Waals surface area contributed by atoms with Crippen molar-refractivity contribution in [3.63, 3.8) is 0 Å². The van der Waals surface area contributed by atoms with Gasteiger partial charge in [-0.05, 0) is 31.9 Å². The summed E-state index contributed by atoms with van der Waals surface area (Å²) in [5.41, 5.74) is 2.41.